The second-order valence-corrected chi connectivity index (χ2v) is 6.62. The lowest BCUT2D eigenvalue weighted by Crippen LogP contribution is -2.10. The van der Waals surface area contributed by atoms with E-state index >= 15 is 0 Å². The molecule has 2 aromatic carbocycles. The molecule has 2 heterocycles. The van der Waals surface area contributed by atoms with E-state index in [1.807, 2.05) is 44.2 Å². The van der Waals surface area contributed by atoms with Gasteiger partial charge in [-0.1, -0.05) is 35.0 Å². The third-order valence-electron chi connectivity index (χ3n) is 4.73. The summed E-state index contributed by atoms with van der Waals surface area (Å²) in [4.78, 5) is 9.03. The third-order valence-corrected chi connectivity index (χ3v) is 4.73. The lowest BCUT2D eigenvalue weighted by atomic mass is 9.90. The molecule has 0 bridgehead atoms. The van der Waals surface area contributed by atoms with Crippen molar-refractivity contribution in [1.29, 1.82) is 0 Å². The van der Waals surface area contributed by atoms with Crippen molar-refractivity contribution in [1.82, 2.24) is 9.97 Å². The zero-order valence-electron chi connectivity index (χ0n) is 15.0. The average molecular weight is 341 g/mol. The van der Waals surface area contributed by atoms with Gasteiger partial charge in [-0.25, -0.2) is 0 Å². The Hall–Kier alpha value is -3.27. The topological polar surface area (TPSA) is 58.4 Å². The van der Waals surface area contributed by atoms with E-state index in [9.17, 15) is 5.21 Å². The highest BCUT2D eigenvalue weighted by Crippen LogP contribution is 2.29. The molecular formula is C22H19N3O. The minimum absolute atomic E-state index is 0.559. The van der Waals surface area contributed by atoms with Crippen LogP contribution in [0.2, 0.25) is 0 Å². The first-order valence-corrected chi connectivity index (χ1v) is 8.53. The molecule has 0 aliphatic carbocycles. The Kier molecular flexibility index (Phi) is 3.88. The number of hydrogen-bond acceptors (Lipinski definition) is 4. The molecule has 2 aromatic heterocycles. The molecule has 4 aromatic rings. The SMILES string of the molecule is Cc1cc(C)c(/C(=N/O)c2cc3cccnc3c3ncccc23)c(C)c1. The van der Waals surface area contributed by atoms with Crippen LogP contribution < -0.4 is 0 Å². The number of fused-ring (bicyclic) bond motifs is 3. The Morgan fingerprint density at radius 1 is 0.885 bits per heavy atom. The zero-order valence-corrected chi connectivity index (χ0v) is 15.0. The van der Waals surface area contributed by atoms with Gasteiger partial charge in [-0.2, -0.15) is 0 Å². The lowest BCUT2D eigenvalue weighted by molar-refractivity contribution is 0.319. The molecule has 0 saturated carbocycles. The zero-order chi connectivity index (χ0) is 18.3. The second-order valence-electron chi connectivity index (χ2n) is 6.62. The number of hydrogen-bond donors (Lipinski definition) is 1. The highest BCUT2D eigenvalue weighted by molar-refractivity contribution is 6.23. The van der Waals surface area contributed by atoms with Crippen molar-refractivity contribution in [3.8, 4) is 0 Å². The van der Waals surface area contributed by atoms with Crippen molar-refractivity contribution in [3.05, 3.63) is 82.7 Å². The molecule has 0 aliphatic rings. The van der Waals surface area contributed by atoms with Gasteiger partial charge in [-0.3, -0.25) is 9.97 Å². The van der Waals surface area contributed by atoms with E-state index < -0.39 is 0 Å². The molecule has 4 rings (SSSR count). The molecule has 1 N–H and O–H groups in total. The summed E-state index contributed by atoms with van der Waals surface area (Å²) in [6.45, 7) is 6.16. The maximum absolute atomic E-state index is 9.93. The Bertz CT molecular complexity index is 1160. The summed E-state index contributed by atoms with van der Waals surface area (Å²) in [5.41, 5.74) is 7.37. The summed E-state index contributed by atoms with van der Waals surface area (Å²) < 4.78 is 0. The first-order chi connectivity index (χ1) is 12.6. The van der Waals surface area contributed by atoms with Crippen LogP contribution in [-0.4, -0.2) is 20.9 Å². The molecule has 0 radical (unpaired) electrons. The van der Waals surface area contributed by atoms with Crippen LogP contribution in [0.5, 0.6) is 0 Å². The highest BCUT2D eigenvalue weighted by Gasteiger charge is 2.18. The van der Waals surface area contributed by atoms with Crippen molar-refractivity contribution < 1.29 is 5.21 Å². The number of aromatic nitrogens is 2. The summed E-state index contributed by atoms with van der Waals surface area (Å²) in [6.07, 6.45) is 3.53. The maximum atomic E-state index is 9.93. The van der Waals surface area contributed by atoms with Crippen LogP contribution in [0.4, 0.5) is 0 Å². The molecule has 0 unspecified atom stereocenters. The van der Waals surface area contributed by atoms with E-state index in [4.69, 9.17) is 0 Å². The fraction of sp³-hybridized carbons (Fsp3) is 0.136. The molecule has 26 heavy (non-hydrogen) atoms. The van der Waals surface area contributed by atoms with E-state index in [2.05, 4.69) is 34.2 Å². The summed E-state index contributed by atoms with van der Waals surface area (Å²) in [5, 5.41) is 15.5. The molecule has 4 nitrogen and oxygen atoms in total. The first kappa shape index (κ1) is 16.2. The van der Waals surface area contributed by atoms with Crippen LogP contribution in [0.1, 0.15) is 27.8 Å². The van der Waals surface area contributed by atoms with E-state index in [0.29, 0.717) is 5.71 Å². The van der Waals surface area contributed by atoms with Gasteiger partial charge in [0.05, 0.1) is 11.0 Å². The molecule has 0 amide bonds. The van der Waals surface area contributed by atoms with Crippen LogP contribution in [-0.2, 0) is 0 Å². The molecule has 0 spiro atoms. The van der Waals surface area contributed by atoms with Crippen LogP contribution >= 0.6 is 0 Å². The van der Waals surface area contributed by atoms with Gasteiger partial charge < -0.3 is 5.21 Å². The van der Waals surface area contributed by atoms with Crippen molar-refractivity contribution in [3.63, 3.8) is 0 Å². The molecule has 128 valence electrons. The van der Waals surface area contributed by atoms with E-state index in [-0.39, 0.29) is 0 Å². The summed E-state index contributed by atoms with van der Waals surface area (Å²) >= 11 is 0. The van der Waals surface area contributed by atoms with E-state index in [1.165, 1.54) is 5.56 Å². The molecule has 0 aliphatic heterocycles. The van der Waals surface area contributed by atoms with Gasteiger partial charge in [-0.15, -0.1) is 0 Å². The number of rotatable bonds is 2. The molecule has 0 atom stereocenters. The van der Waals surface area contributed by atoms with E-state index in [1.54, 1.807) is 12.4 Å². The monoisotopic (exact) mass is 341 g/mol. The van der Waals surface area contributed by atoms with Gasteiger partial charge in [0.25, 0.3) is 0 Å². The molecule has 4 heteroatoms. The minimum atomic E-state index is 0.559. The van der Waals surface area contributed by atoms with Gasteiger partial charge in [0.2, 0.25) is 0 Å². The smallest absolute Gasteiger partial charge is 0.118 e. The maximum Gasteiger partial charge on any atom is 0.118 e. The van der Waals surface area contributed by atoms with Crippen LogP contribution in [0, 0.1) is 20.8 Å². The number of benzene rings is 2. The summed E-state index contributed by atoms with van der Waals surface area (Å²) in [6, 6.07) is 14.0. The predicted molar refractivity (Wildman–Crippen MR) is 105 cm³/mol. The number of nitrogens with zero attached hydrogens (tertiary/aromatic N) is 3. The van der Waals surface area contributed by atoms with Gasteiger partial charge in [-0.05, 0) is 50.1 Å². The Labute approximate surface area is 151 Å². The average Bonchev–Trinajstić information content (AvgIpc) is 2.64. The standard InChI is InChI=1S/C22H19N3O/c1-13-10-14(2)19(15(3)11-13)21(25-26)18-12-16-6-4-8-23-20(16)22-17(18)7-5-9-24-22/h4-12,26H,1-3H3/b25-21+. The fourth-order valence-electron chi connectivity index (χ4n) is 3.76. The van der Waals surface area contributed by atoms with Gasteiger partial charge in [0.15, 0.2) is 0 Å². The van der Waals surface area contributed by atoms with Gasteiger partial charge in [0.1, 0.15) is 5.71 Å². The minimum Gasteiger partial charge on any atom is -0.410 e. The third kappa shape index (κ3) is 2.51. The van der Waals surface area contributed by atoms with Crippen molar-refractivity contribution >= 4 is 27.5 Å². The van der Waals surface area contributed by atoms with Crippen LogP contribution in [0.25, 0.3) is 21.8 Å². The van der Waals surface area contributed by atoms with Crippen LogP contribution in [0.15, 0.2) is 60.0 Å². The molecule has 0 saturated heterocycles. The lowest BCUT2D eigenvalue weighted by Gasteiger charge is -2.15. The summed E-state index contributed by atoms with van der Waals surface area (Å²) in [5.74, 6) is 0. The first-order valence-electron chi connectivity index (χ1n) is 8.53. The largest absolute Gasteiger partial charge is 0.410 e. The Morgan fingerprint density at radius 3 is 2.23 bits per heavy atom. The molecule has 0 fully saturated rings. The normalized spacial score (nSPS) is 12.0. The number of aryl methyl sites for hydroxylation is 3. The van der Waals surface area contributed by atoms with Crippen LogP contribution in [0.3, 0.4) is 0 Å². The van der Waals surface area contributed by atoms with Crippen molar-refractivity contribution in [2.24, 2.45) is 5.16 Å². The van der Waals surface area contributed by atoms with Crippen molar-refractivity contribution in [2.45, 2.75) is 20.8 Å². The number of oxime groups is 1. The number of pyridine rings is 2. The van der Waals surface area contributed by atoms with Gasteiger partial charge >= 0.3 is 0 Å². The quantitative estimate of drug-likeness (QED) is 0.243. The summed E-state index contributed by atoms with van der Waals surface area (Å²) in [7, 11) is 0. The van der Waals surface area contributed by atoms with Crippen molar-refractivity contribution in [2.75, 3.05) is 0 Å². The Morgan fingerprint density at radius 2 is 1.54 bits per heavy atom. The molecular weight excluding hydrogens is 322 g/mol. The fourth-order valence-corrected chi connectivity index (χ4v) is 3.76. The predicted octanol–water partition coefficient (Wildman–Crippen LogP) is 4.93. The van der Waals surface area contributed by atoms with Gasteiger partial charge in [0, 0.05) is 34.3 Å². The van der Waals surface area contributed by atoms with E-state index in [0.717, 1.165) is 44.1 Å². The Balaban J connectivity index is 2.10. The second kappa shape index (κ2) is 6.23. The highest BCUT2D eigenvalue weighted by atomic mass is 16.4.